The Kier molecular flexibility index (Phi) is 9.19. The maximum atomic E-state index is 13.5. The third-order valence-electron chi connectivity index (χ3n) is 7.09. The smallest absolute Gasteiger partial charge is 0.261 e. The Morgan fingerprint density at radius 2 is 1.67 bits per heavy atom. The van der Waals surface area contributed by atoms with E-state index >= 15 is 0 Å². The van der Waals surface area contributed by atoms with Gasteiger partial charge in [0.05, 0.1) is 22.1 Å². The number of hydrogen-bond acceptors (Lipinski definition) is 8. The number of aromatic nitrogens is 2. The number of rotatable bonds is 9. The summed E-state index contributed by atoms with van der Waals surface area (Å²) in [5.74, 6) is -0.298. The van der Waals surface area contributed by atoms with Crippen molar-refractivity contribution in [3.05, 3.63) is 102 Å². The van der Waals surface area contributed by atoms with Gasteiger partial charge in [-0.2, -0.15) is 4.98 Å². The number of likely N-dealkylation sites (N-methyl/N-ethyl adjacent to an activating group) is 1. The number of nitrogens with one attached hydrogen (secondary N) is 4. The quantitative estimate of drug-likeness (QED) is 0.173. The van der Waals surface area contributed by atoms with Crippen LogP contribution in [0.3, 0.4) is 0 Å². The van der Waals surface area contributed by atoms with E-state index in [-0.39, 0.29) is 23.2 Å². The number of halogens is 1. The molecule has 0 radical (unpaired) electrons. The van der Waals surface area contributed by atoms with Crippen LogP contribution in [0.5, 0.6) is 0 Å². The van der Waals surface area contributed by atoms with Gasteiger partial charge in [0, 0.05) is 43.8 Å². The molecular weight excluding hydrogens is 564 g/mol. The van der Waals surface area contributed by atoms with Crippen LogP contribution in [-0.2, 0) is 4.79 Å². The SMILES string of the molecule is C=CC(=O)Nc1ccccc1Nc1nc(Nc2cccc(N3CCN(C)CC3)c2)ncc1C(=O)Nc1c(C)cccc1Cl. The van der Waals surface area contributed by atoms with E-state index in [2.05, 4.69) is 66.8 Å². The first-order valence-electron chi connectivity index (χ1n) is 13.8. The van der Waals surface area contributed by atoms with Crippen LogP contribution in [0.15, 0.2) is 85.6 Å². The predicted octanol–water partition coefficient (Wildman–Crippen LogP) is 6.05. The Morgan fingerprint density at radius 1 is 0.930 bits per heavy atom. The van der Waals surface area contributed by atoms with Gasteiger partial charge in [0.15, 0.2) is 0 Å². The third-order valence-corrected chi connectivity index (χ3v) is 7.40. The van der Waals surface area contributed by atoms with E-state index < -0.39 is 5.91 Å². The third kappa shape index (κ3) is 7.29. The lowest BCUT2D eigenvalue weighted by molar-refractivity contribution is -0.111. The molecule has 3 aromatic carbocycles. The fourth-order valence-electron chi connectivity index (χ4n) is 4.66. The van der Waals surface area contributed by atoms with Gasteiger partial charge in [-0.05, 0) is 62.0 Å². The van der Waals surface area contributed by atoms with Crippen molar-refractivity contribution in [2.45, 2.75) is 6.92 Å². The van der Waals surface area contributed by atoms with Crippen molar-refractivity contribution in [2.24, 2.45) is 0 Å². The summed E-state index contributed by atoms with van der Waals surface area (Å²) in [6.07, 6.45) is 2.64. The number of aryl methyl sites for hydroxylation is 1. The summed E-state index contributed by atoms with van der Waals surface area (Å²) in [7, 11) is 2.13. The van der Waals surface area contributed by atoms with Crippen LogP contribution in [0, 0.1) is 6.92 Å². The van der Waals surface area contributed by atoms with E-state index in [1.165, 1.54) is 12.3 Å². The number of benzene rings is 3. The van der Waals surface area contributed by atoms with Crippen LogP contribution < -0.4 is 26.2 Å². The van der Waals surface area contributed by atoms with Crippen molar-refractivity contribution in [1.82, 2.24) is 14.9 Å². The summed E-state index contributed by atoms with van der Waals surface area (Å²) in [6, 6.07) is 20.6. The summed E-state index contributed by atoms with van der Waals surface area (Å²) in [6.45, 7) is 9.28. The summed E-state index contributed by atoms with van der Waals surface area (Å²) < 4.78 is 0. The van der Waals surface area contributed by atoms with E-state index in [0.29, 0.717) is 22.1 Å². The molecule has 1 aliphatic heterocycles. The highest BCUT2D eigenvalue weighted by Crippen LogP contribution is 2.30. The number of hydrogen-bond donors (Lipinski definition) is 4. The average Bonchev–Trinajstić information content (AvgIpc) is 3.00. The Labute approximate surface area is 255 Å². The zero-order chi connectivity index (χ0) is 30.3. The monoisotopic (exact) mass is 596 g/mol. The van der Waals surface area contributed by atoms with Gasteiger partial charge in [-0.15, -0.1) is 0 Å². The molecule has 11 heteroatoms. The highest BCUT2D eigenvalue weighted by atomic mass is 35.5. The minimum atomic E-state index is -0.449. The number of para-hydroxylation sites is 3. The van der Waals surface area contributed by atoms with Gasteiger partial charge in [0.2, 0.25) is 11.9 Å². The van der Waals surface area contributed by atoms with Crippen molar-refractivity contribution in [3.63, 3.8) is 0 Å². The topological polar surface area (TPSA) is 115 Å². The van der Waals surface area contributed by atoms with Gasteiger partial charge in [-0.25, -0.2) is 4.98 Å². The number of nitrogens with zero attached hydrogens (tertiary/aromatic N) is 4. The Morgan fingerprint density at radius 3 is 2.42 bits per heavy atom. The molecule has 0 spiro atoms. The van der Waals surface area contributed by atoms with Crippen LogP contribution in [0.2, 0.25) is 5.02 Å². The zero-order valence-electron chi connectivity index (χ0n) is 24.0. The number of carbonyl (C=O) groups excluding carboxylic acids is 2. The van der Waals surface area contributed by atoms with Gasteiger partial charge in [-0.1, -0.05) is 48.5 Å². The molecule has 0 unspecified atom stereocenters. The fraction of sp³-hybridized carbons (Fsp3) is 0.188. The van der Waals surface area contributed by atoms with Crippen LogP contribution in [-0.4, -0.2) is 59.9 Å². The van der Waals surface area contributed by atoms with Gasteiger partial charge < -0.3 is 31.1 Å². The first kappa shape index (κ1) is 29.6. The van der Waals surface area contributed by atoms with Crippen molar-refractivity contribution in [2.75, 3.05) is 59.4 Å². The molecule has 5 rings (SSSR count). The molecule has 2 amide bonds. The lowest BCUT2D eigenvalue weighted by Crippen LogP contribution is -2.44. The Bertz CT molecular complexity index is 1630. The standard InChI is InChI=1S/C32H33ClN8O2/c1-4-28(42)36-26-13-5-6-14-27(26)37-30-24(31(43)38-29-21(2)9-7-12-25(29)33)20-34-32(39-30)35-22-10-8-11-23(19-22)41-17-15-40(3)16-18-41/h4-14,19-20H,1,15-18H2,2-3H3,(H,36,42)(H,38,43)(H2,34,35,37,39). The maximum absolute atomic E-state index is 13.5. The molecule has 1 aliphatic rings. The molecule has 0 saturated carbocycles. The van der Waals surface area contributed by atoms with Gasteiger partial charge in [0.1, 0.15) is 11.4 Å². The first-order chi connectivity index (χ1) is 20.8. The van der Waals surface area contributed by atoms with Crippen molar-refractivity contribution < 1.29 is 9.59 Å². The molecule has 4 N–H and O–H groups in total. The van der Waals surface area contributed by atoms with Crippen LogP contribution >= 0.6 is 11.6 Å². The number of piperazine rings is 1. The molecule has 43 heavy (non-hydrogen) atoms. The van der Waals surface area contributed by atoms with Gasteiger partial charge >= 0.3 is 0 Å². The molecule has 2 heterocycles. The molecule has 4 aromatic rings. The van der Waals surface area contributed by atoms with Crippen molar-refractivity contribution in [3.8, 4) is 0 Å². The highest BCUT2D eigenvalue weighted by Gasteiger charge is 2.19. The normalized spacial score (nSPS) is 13.2. The summed E-state index contributed by atoms with van der Waals surface area (Å²) in [5, 5.41) is 12.6. The fourth-order valence-corrected chi connectivity index (χ4v) is 4.93. The first-order valence-corrected chi connectivity index (χ1v) is 14.2. The summed E-state index contributed by atoms with van der Waals surface area (Å²) in [4.78, 5) is 39.4. The highest BCUT2D eigenvalue weighted by molar-refractivity contribution is 6.34. The molecule has 0 bridgehead atoms. The maximum Gasteiger partial charge on any atom is 0.261 e. The zero-order valence-corrected chi connectivity index (χ0v) is 24.8. The second kappa shape index (κ2) is 13.4. The van der Waals surface area contributed by atoms with Crippen LogP contribution in [0.4, 0.5) is 40.2 Å². The minimum absolute atomic E-state index is 0.181. The van der Waals surface area contributed by atoms with Crippen LogP contribution in [0.25, 0.3) is 0 Å². The van der Waals surface area contributed by atoms with E-state index in [4.69, 9.17) is 11.6 Å². The molecule has 1 aromatic heterocycles. The van der Waals surface area contributed by atoms with E-state index in [0.717, 1.165) is 43.1 Å². The predicted molar refractivity (Wildman–Crippen MR) is 174 cm³/mol. The molecule has 220 valence electrons. The number of amides is 2. The molecule has 0 atom stereocenters. The molecular formula is C32H33ClN8O2. The van der Waals surface area contributed by atoms with Crippen LogP contribution in [0.1, 0.15) is 15.9 Å². The van der Waals surface area contributed by atoms with E-state index in [1.807, 2.05) is 37.3 Å². The number of anilines is 7. The second-order valence-electron chi connectivity index (χ2n) is 10.2. The number of carbonyl (C=O) groups is 2. The average molecular weight is 597 g/mol. The molecule has 0 aliphatic carbocycles. The molecule has 1 saturated heterocycles. The van der Waals surface area contributed by atoms with E-state index in [9.17, 15) is 9.59 Å². The minimum Gasteiger partial charge on any atom is -0.369 e. The van der Waals surface area contributed by atoms with E-state index in [1.54, 1.807) is 24.3 Å². The summed E-state index contributed by atoms with van der Waals surface area (Å²) in [5.41, 5.74) is 4.44. The Hall–Kier alpha value is -4.93. The van der Waals surface area contributed by atoms with Gasteiger partial charge in [-0.3, -0.25) is 9.59 Å². The molecule has 1 fully saturated rings. The van der Waals surface area contributed by atoms with Gasteiger partial charge in [0.25, 0.3) is 5.91 Å². The lowest BCUT2D eigenvalue weighted by Gasteiger charge is -2.34. The van der Waals surface area contributed by atoms with Crippen molar-refractivity contribution >= 4 is 63.6 Å². The lowest BCUT2D eigenvalue weighted by atomic mass is 10.2. The second-order valence-corrected chi connectivity index (χ2v) is 10.6. The summed E-state index contributed by atoms with van der Waals surface area (Å²) >= 11 is 6.38. The largest absolute Gasteiger partial charge is 0.369 e. The molecule has 10 nitrogen and oxygen atoms in total. The van der Waals surface area contributed by atoms with Crippen molar-refractivity contribution in [1.29, 1.82) is 0 Å². The Balaban J connectivity index is 1.46.